The summed E-state index contributed by atoms with van der Waals surface area (Å²) >= 11 is 0. The van der Waals surface area contributed by atoms with Crippen LogP contribution in [0.5, 0.6) is 0 Å². The van der Waals surface area contributed by atoms with Crippen molar-refractivity contribution in [2.75, 3.05) is 36.5 Å². The first kappa shape index (κ1) is 19.0. The number of hydrogen-bond donors (Lipinski definition) is 1. The van der Waals surface area contributed by atoms with E-state index in [-0.39, 0.29) is 5.91 Å². The lowest BCUT2D eigenvalue weighted by molar-refractivity contribution is -0.123. The number of esters is 1. The molecule has 0 saturated carbocycles. The van der Waals surface area contributed by atoms with E-state index in [1.807, 2.05) is 24.3 Å². The van der Waals surface area contributed by atoms with E-state index in [4.69, 9.17) is 13.9 Å². The predicted molar refractivity (Wildman–Crippen MR) is 101 cm³/mol. The molecule has 0 bridgehead atoms. The van der Waals surface area contributed by atoms with Crippen LogP contribution in [-0.2, 0) is 14.3 Å². The van der Waals surface area contributed by atoms with Crippen molar-refractivity contribution in [1.82, 2.24) is 0 Å². The van der Waals surface area contributed by atoms with Crippen molar-refractivity contribution in [1.29, 1.82) is 0 Å². The Morgan fingerprint density at radius 3 is 2.41 bits per heavy atom. The fourth-order valence-corrected chi connectivity index (χ4v) is 2.93. The molecule has 1 atom stereocenters. The highest BCUT2D eigenvalue weighted by atomic mass is 16.5. The van der Waals surface area contributed by atoms with Gasteiger partial charge in [0.15, 0.2) is 6.10 Å². The number of anilines is 2. The first-order valence-corrected chi connectivity index (χ1v) is 8.95. The highest BCUT2D eigenvalue weighted by Crippen LogP contribution is 2.20. The Morgan fingerprint density at radius 2 is 1.81 bits per heavy atom. The van der Waals surface area contributed by atoms with Crippen LogP contribution in [0.2, 0.25) is 0 Å². The van der Waals surface area contributed by atoms with Gasteiger partial charge < -0.3 is 24.1 Å². The van der Waals surface area contributed by atoms with E-state index in [9.17, 15) is 9.59 Å². The zero-order valence-electron chi connectivity index (χ0n) is 15.8. The molecule has 144 valence electrons. The molecule has 1 aromatic heterocycles. The van der Waals surface area contributed by atoms with E-state index in [1.165, 1.54) is 6.92 Å². The van der Waals surface area contributed by atoms with Gasteiger partial charge in [-0.05, 0) is 51.1 Å². The third-order valence-electron chi connectivity index (χ3n) is 4.43. The van der Waals surface area contributed by atoms with Gasteiger partial charge in [-0.2, -0.15) is 0 Å². The van der Waals surface area contributed by atoms with E-state index in [2.05, 4.69) is 10.2 Å². The van der Waals surface area contributed by atoms with E-state index in [1.54, 1.807) is 19.9 Å². The van der Waals surface area contributed by atoms with E-state index < -0.39 is 12.1 Å². The Bertz CT molecular complexity index is 806. The van der Waals surface area contributed by atoms with Gasteiger partial charge in [-0.25, -0.2) is 4.79 Å². The molecule has 1 aliphatic rings. The number of amides is 1. The highest BCUT2D eigenvalue weighted by Gasteiger charge is 2.22. The van der Waals surface area contributed by atoms with Gasteiger partial charge in [0.1, 0.15) is 17.1 Å². The molecule has 0 unspecified atom stereocenters. The van der Waals surface area contributed by atoms with Crippen molar-refractivity contribution in [3.63, 3.8) is 0 Å². The summed E-state index contributed by atoms with van der Waals surface area (Å²) in [6.07, 6.45) is -0.925. The maximum absolute atomic E-state index is 12.3. The molecule has 1 amide bonds. The van der Waals surface area contributed by atoms with Crippen LogP contribution in [-0.4, -0.2) is 44.3 Å². The van der Waals surface area contributed by atoms with Gasteiger partial charge in [-0.15, -0.1) is 0 Å². The quantitative estimate of drug-likeness (QED) is 0.813. The molecule has 1 saturated heterocycles. The summed E-state index contributed by atoms with van der Waals surface area (Å²) in [6.45, 7) is 8.12. The Labute approximate surface area is 158 Å². The van der Waals surface area contributed by atoms with Gasteiger partial charge >= 0.3 is 5.97 Å². The molecular weight excluding hydrogens is 348 g/mol. The number of nitrogens with zero attached hydrogens (tertiary/aromatic N) is 1. The molecule has 7 heteroatoms. The second-order valence-electron chi connectivity index (χ2n) is 6.51. The number of nitrogens with one attached hydrogen (secondary N) is 1. The molecule has 2 aromatic rings. The summed E-state index contributed by atoms with van der Waals surface area (Å²) in [5, 5.41) is 2.77. The standard InChI is InChI=1S/C20H24N2O5/c1-13-12-18(14(2)26-13)20(24)27-15(3)19(23)21-16-4-6-17(7-5-16)22-8-10-25-11-9-22/h4-7,12,15H,8-11H2,1-3H3,(H,21,23)/t15-/m1/s1. The molecule has 27 heavy (non-hydrogen) atoms. The lowest BCUT2D eigenvalue weighted by Crippen LogP contribution is -2.36. The summed E-state index contributed by atoms with van der Waals surface area (Å²) in [7, 11) is 0. The van der Waals surface area contributed by atoms with Gasteiger partial charge in [-0.1, -0.05) is 0 Å². The monoisotopic (exact) mass is 372 g/mol. The van der Waals surface area contributed by atoms with Crippen LogP contribution in [0.4, 0.5) is 11.4 Å². The number of morpholine rings is 1. The van der Waals surface area contributed by atoms with Crippen LogP contribution in [0, 0.1) is 13.8 Å². The number of carbonyl (C=O) groups is 2. The molecular formula is C20H24N2O5. The van der Waals surface area contributed by atoms with Crippen molar-refractivity contribution in [2.24, 2.45) is 0 Å². The van der Waals surface area contributed by atoms with E-state index >= 15 is 0 Å². The van der Waals surface area contributed by atoms with E-state index in [0.717, 1.165) is 32.0 Å². The lowest BCUT2D eigenvalue weighted by Gasteiger charge is -2.28. The number of aryl methyl sites for hydroxylation is 2. The third kappa shape index (κ3) is 4.68. The van der Waals surface area contributed by atoms with Gasteiger partial charge in [0, 0.05) is 24.5 Å². The fraction of sp³-hybridized carbons (Fsp3) is 0.400. The SMILES string of the molecule is Cc1cc(C(=O)O[C@H](C)C(=O)Nc2ccc(N3CCOCC3)cc2)c(C)o1. The zero-order valence-corrected chi connectivity index (χ0v) is 15.8. The van der Waals surface area contributed by atoms with Crippen LogP contribution in [0.1, 0.15) is 28.8 Å². The van der Waals surface area contributed by atoms with Crippen LogP contribution in [0.25, 0.3) is 0 Å². The molecule has 2 heterocycles. The molecule has 0 spiro atoms. The maximum atomic E-state index is 12.3. The summed E-state index contributed by atoms with van der Waals surface area (Å²) < 4.78 is 15.9. The average molecular weight is 372 g/mol. The van der Waals surface area contributed by atoms with Gasteiger partial charge in [0.25, 0.3) is 5.91 Å². The molecule has 1 aromatic carbocycles. The molecule has 0 radical (unpaired) electrons. The van der Waals surface area contributed by atoms with Crippen LogP contribution < -0.4 is 10.2 Å². The molecule has 1 aliphatic heterocycles. The maximum Gasteiger partial charge on any atom is 0.342 e. The van der Waals surface area contributed by atoms with Gasteiger partial charge in [0.05, 0.1) is 13.2 Å². The summed E-state index contributed by atoms with van der Waals surface area (Å²) in [6, 6.07) is 9.18. The predicted octanol–water partition coefficient (Wildman–Crippen LogP) is 2.92. The fourth-order valence-electron chi connectivity index (χ4n) is 2.93. The average Bonchev–Trinajstić information content (AvgIpc) is 3.01. The summed E-state index contributed by atoms with van der Waals surface area (Å²) in [5.41, 5.74) is 2.07. The van der Waals surface area contributed by atoms with Crippen molar-refractivity contribution in [2.45, 2.75) is 26.9 Å². The first-order valence-electron chi connectivity index (χ1n) is 8.95. The number of benzene rings is 1. The molecule has 1 N–H and O–H groups in total. The smallest absolute Gasteiger partial charge is 0.342 e. The molecule has 0 aliphatic carbocycles. The normalized spacial score (nSPS) is 15.3. The second kappa shape index (κ2) is 8.26. The number of furan rings is 1. The largest absolute Gasteiger partial charge is 0.466 e. The Balaban J connectivity index is 1.56. The Morgan fingerprint density at radius 1 is 1.15 bits per heavy atom. The van der Waals surface area contributed by atoms with Crippen LogP contribution in [0.15, 0.2) is 34.7 Å². The topological polar surface area (TPSA) is 81.0 Å². The number of carbonyl (C=O) groups excluding carboxylic acids is 2. The Hall–Kier alpha value is -2.80. The minimum Gasteiger partial charge on any atom is -0.466 e. The van der Waals surface area contributed by atoms with Crippen LogP contribution in [0.3, 0.4) is 0 Å². The van der Waals surface area contributed by atoms with Crippen molar-refractivity contribution in [3.05, 3.63) is 47.4 Å². The van der Waals surface area contributed by atoms with E-state index in [0.29, 0.717) is 22.8 Å². The van der Waals surface area contributed by atoms with Crippen molar-refractivity contribution in [3.8, 4) is 0 Å². The summed E-state index contributed by atoms with van der Waals surface area (Å²) in [5.74, 6) is 0.135. The molecule has 3 rings (SSSR count). The van der Waals surface area contributed by atoms with Crippen molar-refractivity contribution < 1.29 is 23.5 Å². The summed E-state index contributed by atoms with van der Waals surface area (Å²) in [4.78, 5) is 26.7. The minimum atomic E-state index is -0.925. The third-order valence-corrected chi connectivity index (χ3v) is 4.43. The van der Waals surface area contributed by atoms with Gasteiger partial charge in [0.2, 0.25) is 0 Å². The Kier molecular flexibility index (Phi) is 5.81. The minimum absolute atomic E-state index is 0.335. The number of rotatable bonds is 5. The van der Waals surface area contributed by atoms with Crippen LogP contribution >= 0.6 is 0 Å². The zero-order chi connectivity index (χ0) is 19.4. The van der Waals surface area contributed by atoms with Gasteiger partial charge in [-0.3, -0.25) is 4.79 Å². The molecule has 1 fully saturated rings. The number of hydrogen-bond acceptors (Lipinski definition) is 6. The first-order chi connectivity index (χ1) is 12.9. The molecule has 7 nitrogen and oxygen atoms in total. The lowest BCUT2D eigenvalue weighted by atomic mass is 10.2. The number of ether oxygens (including phenoxy) is 2. The highest BCUT2D eigenvalue weighted by molar-refractivity contribution is 5.97. The second-order valence-corrected chi connectivity index (χ2v) is 6.51. The van der Waals surface area contributed by atoms with Crippen molar-refractivity contribution >= 4 is 23.3 Å².